The highest BCUT2D eigenvalue weighted by molar-refractivity contribution is 6.46. The van der Waals surface area contributed by atoms with Crippen LogP contribution in [0.5, 0.6) is 5.75 Å². The summed E-state index contributed by atoms with van der Waals surface area (Å²) in [5.74, 6) is -1.30. The molecule has 9 heteroatoms. The molecule has 1 atom stereocenters. The van der Waals surface area contributed by atoms with E-state index in [1.165, 1.54) is 23.1 Å². The quantitative estimate of drug-likeness (QED) is 0.131. The maximum absolute atomic E-state index is 13.3. The molecule has 3 aromatic rings. The summed E-state index contributed by atoms with van der Waals surface area (Å²) in [7, 11) is 3.81. The van der Waals surface area contributed by atoms with Gasteiger partial charge in [0.1, 0.15) is 18.1 Å². The summed E-state index contributed by atoms with van der Waals surface area (Å²) in [6.07, 6.45) is 0.581. The molecular formula is C30H31N3O6. The number of benzene rings is 3. The van der Waals surface area contributed by atoms with Crippen LogP contribution in [-0.4, -0.2) is 58.7 Å². The predicted octanol–water partition coefficient (Wildman–Crippen LogP) is 4.86. The van der Waals surface area contributed by atoms with Crippen LogP contribution in [0.3, 0.4) is 0 Å². The molecule has 9 nitrogen and oxygen atoms in total. The van der Waals surface area contributed by atoms with Crippen molar-refractivity contribution in [3.8, 4) is 5.75 Å². The second kappa shape index (κ2) is 11.9. The van der Waals surface area contributed by atoms with E-state index in [0.717, 1.165) is 5.56 Å². The first-order valence-corrected chi connectivity index (χ1v) is 12.6. The largest absolute Gasteiger partial charge is 0.507 e. The number of carbonyl (C=O) groups excluding carboxylic acids is 2. The van der Waals surface area contributed by atoms with Gasteiger partial charge in [0.2, 0.25) is 0 Å². The van der Waals surface area contributed by atoms with Crippen molar-refractivity contribution in [3.63, 3.8) is 0 Å². The number of non-ortho nitro benzene ring substituents is 1. The third kappa shape index (κ3) is 6.15. The van der Waals surface area contributed by atoms with E-state index in [1.54, 1.807) is 31.2 Å². The number of nitro benzene ring substituents is 1. The number of carbonyl (C=O) groups is 2. The molecule has 0 aromatic heterocycles. The molecule has 39 heavy (non-hydrogen) atoms. The van der Waals surface area contributed by atoms with Crippen molar-refractivity contribution < 1.29 is 24.4 Å². The SMILES string of the molecule is Cc1cc(OCc2ccccc2)ccc1/C(O)=C1\C(=O)C(=O)N(CCCN(C)C)[C@@H]1c1cccc([N+](=O)[O-])c1. The van der Waals surface area contributed by atoms with Crippen LogP contribution in [0, 0.1) is 17.0 Å². The van der Waals surface area contributed by atoms with Crippen LogP contribution < -0.4 is 4.74 Å². The summed E-state index contributed by atoms with van der Waals surface area (Å²) in [5.41, 5.74) is 2.16. The highest BCUT2D eigenvalue weighted by Crippen LogP contribution is 2.41. The molecule has 0 bridgehead atoms. The zero-order valence-corrected chi connectivity index (χ0v) is 22.2. The van der Waals surface area contributed by atoms with Crippen LogP contribution in [0.1, 0.15) is 34.7 Å². The Labute approximate surface area is 227 Å². The zero-order chi connectivity index (χ0) is 28.1. The lowest BCUT2D eigenvalue weighted by Gasteiger charge is -2.26. The molecule has 0 spiro atoms. The van der Waals surface area contributed by atoms with E-state index in [1.807, 2.05) is 49.3 Å². The van der Waals surface area contributed by atoms with Crippen molar-refractivity contribution in [1.29, 1.82) is 0 Å². The molecular weight excluding hydrogens is 498 g/mol. The number of aliphatic hydroxyl groups excluding tert-OH is 1. The Balaban J connectivity index is 1.72. The second-order valence-electron chi connectivity index (χ2n) is 9.75. The van der Waals surface area contributed by atoms with Crippen molar-refractivity contribution in [2.24, 2.45) is 0 Å². The van der Waals surface area contributed by atoms with Gasteiger partial charge < -0.3 is 19.6 Å². The van der Waals surface area contributed by atoms with Gasteiger partial charge in [-0.15, -0.1) is 0 Å². The van der Waals surface area contributed by atoms with E-state index in [4.69, 9.17) is 4.74 Å². The number of hydrogen-bond donors (Lipinski definition) is 1. The predicted molar refractivity (Wildman–Crippen MR) is 147 cm³/mol. The van der Waals surface area contributed by atoms with Gasteiger partial charge in [0.15, 0.2) is 0 Å². The molecule has 1 fully saturated rings. The van der Waals surface area contributed by atoms with Gasteiger partial charge >= 0.3 is 0 Å². The minimum Gasteiger partial charge on any atom is -0.507 e. The number of amides is 1. The van der Waals surface area contributed by atoms with Gasteiger partial charge in [-0.25, -0.2) is 0 Å². The Hall–Kier alpha value is -4.50. The highest BCUT2D eigenvalue weighted by atomic mass is 16.6. The van der Waals surface area contributed by atoms with Gasteiger partial charge in [0, 0.05) is 24.2 Å². The number of nitrogens with zero attached hydrogens (tertiary/aromatic N) is 3. The smallest absolute Gasteiger partial charge is 0.295 e. The molecule has 0 radical (unpaired) electrons. The number of rotatable bonds is 10. The number of likely N-dealkylation sites (tertiary alicyclic amines) is 1. The highest BCUT2D eigenvalue weighted by Gasteiger charge is 2.46. The first-order valence-electron chi connectivity index (χ1n) is 12.6. The van der Waals surface area contributed by atoms with E-state index < -0.39 is 22.7 Å². The maximum atomic E-state index is 13.3. The molecule has 202 valence electrons. The molecule has 4 rings (SSSR count). The minimum atomic E-state index is -0.958. The lowest BCUT2D eigenvalue weighted by atomic mass is 9.93. The first-order chi connectivity index (χ1) is 18.7. The summed E-state index contributed by atoms with van der Waals surface area (Å²) in [5, 5.41) is 22.9. The summed E-state index contributed by atoms with van der Waals surface area (Å²) in [6.45, 7) is 3.07. The second-order valence-corrected chi connectivity index (χ2v) is 9.75. The Bertz CT molecular complexity index is 1420. The van der Waals surface area contributed by atoms with E-state index in [0.29, 0.717) is 42.0 Å². The van der Waals surface area contributed by atoms with Gasteiger partial charge in [-0.05, 0) is 68.9 Å². The fourth-order valence-corrected chi connectivity index (χ4v) is 4.70. The van der Waals surface area contributed by atoms with Crippen LogP contribution in [0.15, 0.2) is 78.4 Å². The summed E-state index contributed by atoms with van der Waals surface area (Å²) in [4.78, 5) is 40.7. The molecule has 3 aromatic carbocycles. The number of Topliss-reactive ketones (excluding diaryl/α,β-unsaturated/α-hetero) is 1. The van der Waals surface area contributed by atoms with E-state index >= 15 is 0 Å². The number of nitro groups is 1. The Morgan fingerprint density at radius 3 is 2.46 bits per heavy atom. The third-order valence-electron chi connectivity index (χ3n) is 6.64. The fourth-order valence-electron chi connectivity index (χ4n) is 4.70. The summed E-state index contributed by atoms with van der Waals surface area (Å²) >= 11 is 0. The van der Waals surface area contributed by atoms with Crippen molar-refractivity contribution in [2.45, 2.75) is 26.0 Å². The zero-order valence-electron chi connectivity index (χ0n) is 22.2. The molecule has 1 heterocycles. The Morgan fingerprint density at radius 1 is 1.05 bits per heavy atom. The standard InChI is InChI=1S/C30H31N3O6/c1-20-17-24(39-19-21-9-5-4-6-10-21)13-14-25(20)28(34)26-27(22-11-7-12-23(18-22)33(37)38)32(30(36)29(26)35)16-8-15-31(2)3/h4-7,9-14,17-18,27,34H,8,15-16,19H2,1-3H3/b28-26+/t27-/m1/s1. The maximum Gasteiger partial charge on any atom is 0.295 e. The number of aryl methyl sites for hydroxylation is 1. The van der Waals surface area contributed by atoms with Gasteiger partial charge in [0.25, 0.3) is 17.4 Å². The summed E-state index contributed by atoms with van der Waals surface area (Å²) < 4.78 is 5.88. The lowest BCUT2D eigenvalue weighted by molar-refractivity contribution is -0.384. The van der Waals surface area contributed by atoms with Crippen molar-refractivity contribution in [3.05, 3.63) is 111 Å². The van der Waals surface area contributed by atoms with E-state index in [2.05, 4.69) is 0 Å². The molecule has 1 amide bonds. The topological polar surface area (TPSA) is 113 Å². The van der Waals surface area contributed by atoms with Crippen LogP contribution in [0.25, 0.3) is 5.76 Å². The van der Waals surface area contributed by atoms with Crippen LogP contribution in [0.4, 0.5) is 5.69 Å². The third-order valence-corrected chi connectivity index (χ3v) is 6.64. The molecule has 1 N–H and O–H groups in total. The van der Waals surface area contributed by atoms with Crippen LogP contribution in [-0.2, 0) is 16.2 Å². The average Bonchev–Trinajstić information content (AvgIpc) is 3.17. The monoisotopic (exact) mass is 529 g/mol. The van der Waals surface area contributed by atoms with Gasteiger partial charge in [0.05, 0.1) is 16.5 Å². The number of ketones is 1. The van der Waals surface area contributed by atoms with E-state index in [9.17, 15) is 24.8 Å². The molecule has 0 unspecified atom stereocenters. The van der Waals surface area contributed by atoms with Gasteiger partial charge in [-0.3, -0.25) is 19.7 Å². The Morgan fingerprint density at radius 2 is 1.79 bits per heavy atom. The number of ether oxygens (including phenoxy) is 1. The van der Waals surface area contributed by atoms with Crippen molar-refractivity contribution in [2.75, 3.05) is 27.2 Å². The lowest BCUT2D eigenvalue weighted by Crippen LogP contribution is -2.32. The van der Waals surface area contributed by atoms with Crippen molar-refractivity contribution >= 4 is 23.1 Å². The normalized spacial score (nSPS) is 16.6. The summed E-state index contributed by atoms with van der Waals surface area (Å²) in [6, 6.07) is 19.7. The van der Waals surface area contributed by atoms with Gasteiger partial charge in [-0.1, -0.05) is 42.5 Å². The first kappa shape index (κ1) is 27.5. The molecule has 1 saturated heterocycles. The van der Waals surface area contributed by atoms with Crippen LogP contribution >= 0.6 is 0 Å². The van der Waals surface area contributed by atoms with Crippen molar-refractivity contribution in [1.82, 2.24) is 9.80 Å². The fraction of sp³-hybridized carbons (Fsp3) is 0.267. The molecule has 0 aliphatic carbocycles. The average molecular weight is 530 g/mol. The Kier molecular flexibility index (Phi) is 8.41. The van der Waals surface area contributed by atoms with Crippen LogP contribution in [0.2, 0.25) is 0 Å². The molecule has 0 saturated carbocycles. The number of aliphatic hydroxyl groups is 1. The minimum absolute atomic E-state index is 0.0913. The number of hydrogen-bond acceptors (Lipinski definition) is 7. The van der Waals surface area contributed by atoms with Gasteiger partial charge in [-0.2, -0.15) is 0 Å². The molecule has 1 aliphatic heterocycles. The van der Waals surface area contributed by atoms with E-state index in [-0.39, 0.29) is 23.6 Å². The molecule has 1 aliphatic rings.